The van der Waals surface area contributed by atoms with Crippen LogP contribution in [0.4, 0.5) is 22.0 Å². The monoisotopic (exact) mass is 602 g/mol. The standard InChI is InChI=1S/C28H22Cl3F5N2O/c29-23-12-19(13-24(30)25(23)31)22(28(34,35)36)9-5-16-4-6-18(21(11-16)26(32)33)14-38(27(39)17-7-8-17)15-20-3-1-2-10-37-20/h1-6,9-13,17,22,26H,7-8,14-15H2. The molecule has 1 fully saturated rings. The van der Waals surface area contributed by atoms with E-state index in [1.807, 2.05) is 0 Å². The molecule has 1 saturated carbocycles. The minimum atomic E-state index is -4.71. The van der Waals surface area contributed by atoms with Gasteiger partial charge >= 0.3 is 6.18 Å². The molecule has 1 amide bonds. The zero-order valence-electron chi connectivity index (χ0n) is 20.2. The molecule has 39 heavy (non-hydrogen) atoms. The molecule has 3 aromatic rings. The first kappa shape index (κ1) is 29.3. The molecular formula is C28H22Cl3F5N2O. The second kappa shape index (κ2) is 12.2. The van der Waals surface area contributed by atoms with E-state index in [2.05, 4.69) is 4.98 Å². The Bertz CT molecular complexity index is 1340. The van der Waals surface area contributed by atoms with Crippen molar-refractivity contribution in [2.75, 3.05) is 0 Å². The van der Waals surface area contributed by atoms with Crippen molar-refractivity contribution in [3.05, 3.63) is 104 Å². The summed E-state index contributed by atoms with van der Waals surface area (Å²) in [5.74, 6) is -2.39. The number of amides is 1. The number of rotatable bonds is 9. The second-order valence-corrected chi connectivity index (χ2v) is 10.4. The van der Waals surface area contributed by atoms with Crippen LogP contribution in [0.25, 0.3) is 6.08 Å². The quantitative estimate of drug-likeness (QED) is 0.180. The fourth-order valence-electron chi connectivity index (χ4n) is 4.13. The van der Waals surface area contributed by atoms with Gasteiger partial charge in [-0.25, -0.2) is 8.78 Å². The topological polar surface area (TPSA) is 33.2 Å². The largest absolute Gasteiger partial charge is 0.399 e. The lowest BCUT2D eigenvalue weighted by Crippen LogP contribution is -2.32. The fourth-order valence-corrected chi connectivity index (χ4v) is 4.74. The summed E-state index contributed by atoms with van der Waals surface area (Å²) in [4.78, 5) is 18.6. The number of aromatic nitrogens is 1. The molecule has 1 atom stereocenters. The van der Waals surface area contributed by atoms with E-state index in [1.54, 1.807) is 24.4 Å². The maximum atomic E-state index is 14.1. The maximum Gasteiger partial charge on any atom is 0.399 e. The van der Waals surface area contributed by atoms with Gasteiger partial charge in [0.15, 0.2) is 0 Å². The minimum absolute atomic E-state index is 0.0681. The number of hydrogen-bond acceptors (Lipinski definition) is 2. The van der Waals surface area contributed by atoms with E-state index in [0.717, 1.165) is 43.2 Å². The van der Waals surface area contributed by atoms with Gasteiger partial charge in [0, 0.05) is 24.2 Å². The van der Waals surface area contributed by atoms with E-state index < -0.39 is 18.5 Å². The number of allylic oxidation sites excluding steroid dienone is 1. The Morgan fingerprint density at radius 1 is 1.03 bits per heavy atom. The van der Waals surface area contributed by atoms with Crippen molar-refractivity contribution in [1.82, 2.24) is 9.88 Å². The van der Waals surface area contributed by atoms with Crippen LogP contribution in [0.2, 0.25) is 15.1 Å². The van der Waals surface area contributed by atoms with Crippen LogP contribution in [0.15, 0.2) is 60.8 Å². The summed E-state index contributed by atoms with van der Waals surface area (Å²) in [6.07, 6.45) is -2.58. The van der Waals surface area contributed by atoms with Crippen molar-refractivity contribution in [3.8, 4) is 0 Å². The Labute approximate surface area is 237 Å². The minimum Gasteiger partial charge on any atom is -0.332 e. The van der Waals surface area contributed by atoms with Crippen molar-refractivity contribution in [2.45, 2.75) is 44.5 Å². The van der Waals surface area contributed by atoms with Crippen LogP contribution in [0.1, 0.15) is 53.1 Å². The van der Waals surface area contributed by atoms with Crippen LogP contribution in [-0.2, 0) is 17.9 Å². The molecule has 4 rings (SSSR count). The molecule has 11 heteroatoms. The molecule has 3 nitrogen and oxygen atoms in total. The number of benzene rings is 2. The molecule has 1 unspecified atom stereocenters. The molecule has 0 radical (unpaired) electrons. The average Bonchev–Trinajstić information content (AvgIpc) is 3.72. The van der Waals surface area contributed by atoms with Gasteiger partial charge in [0.05, 0.1) is 33.2 Å². The molecule has 2 aromatic carbocycles. The molecule has 206 valence electrons. The Morgan fingerprint density at radius 2 is 1.72 bits per heavy atom. The van der Waals surface area contributed by atoms with Gasteiger partial charge in [-0.2, -0.15) is 13.2 Å². The molecule has 1 aromatic heterocycles. The van der Waals surface area contributed by atoms with Gasteiger partial charge in [0.1, 0.15) is 0 Å². The predicted octanol–water partition coefficient (Wildman–Crippen LogP) is 9.28. The third kappa shape index (κ3) is 7.50. The number of carbonyl (C=O) groups excluding carboxylic acids is 1. The highest BCUT2D eigenvalue weighted by atomic mass is 35.5. The van der Waals surface area contributed by atoms with Crippen molar-refractivity contribution in [3.63, 3.8) is 0 Å². The molecule has 0 N–H and O–H groups in total. The summed E-state index contributed by atoms with van der Waals surface area (Å²) in [7, 11) is 0. The van der Waals surface area contributed by atoms with E-state index in [0.29, 0.717) is 5.69 Å². The van der Waals surface area contributed by atoms with E-state index >= 15 is 0 Å². The Kier molecular flexibility index (Phi) is 9.19. The number of carbonyl (C=O) groups is 1. The number of nitrogens with zero attached hydrogens (tertiary/aromatic N) is 2. The summed E-state index contributed by atoms with van der Waals surface area (Å²) >= 11 is 17.7. The Hall–Kier alpha value is -2.68. The van der Waals surface area contributed by atoms with Gasteiger partial charge in [0.25, 0.3) is 6.43 Å². The normalized spacial score (nSPS) is 14.7. The van der Waals surface area contributed by atoms with E-state index in [-0.39, 0.29) is 62.2 Å². The highest BCUT2D eigenvalue weighted by molar-refractivity contribution is 6.48. The van der Waals surface area contributed by atoms with Crippen LogP contribution in [-0.4, -0.2) is 22.0 Å². The van der Waals surface area contributed by atoms with Gasteiger partial charge in [-0.3, -0.25) is 9.78 Å². The molecule has 0 saturated heterocycles. The summed E-state index contributed by atoms with van der Waals surface area (Å²) in [5.41, 5.74) is 0.348. The number of pyridine rings is 1. The highest BCUT2D eigenvalue weighted by Crippen LogP contribution is 2.41. The lowest BCUT2D eigenvalue weighted by atomic mass is 9.96. The van der Waals surface area contributed by atoms with Gasteiger partial charge in [0.2, 0.25) is 5.91 Å². The number of alkyl halides is 5. The molecular weight excluding hydrogens is 582 g/mol. The summed E-state index contributed by atoms with van der Waals surface area (Å²) < 4.78 is 69.8. The predicted molar refractivity (Wildman–Crippen MR) is 142 cm³/mol. The summed E-state index contributed by atoms with van der Waals surface area (Å²) in [6.45, 7) is 0.0719. The van der Waals surface area contributed by atoms with Gasteiger partial charge < -0.3 is 4.90 Å². The molecule has 1 aliphatic rings. The van der Waals surface area contributed by atoms with E-state index in [1.165, 1.54) is 17.0 Å². The van der Waals surface area contributed by atoms with Crippen LogP contribution in [0.5, 0.6) is 0 Å². The Morgan fingerprint density at radius 3 is 2.28 bits per heavy atom. The smallest absolute Gasteiger partial charge is 0.332 e. The van der Waals surface area contributed by atoms with Crippen molar-refractivity contribution in [2.24, 2.45) is 5.92 Å². The third-order valence-electron chi connectivity index (χ3n) is 6.28. The lowest BCUT2D eigenvalue weighted by Gasteiger charge is -2.24. The second-order valence-electron chi connectivity index (χ2n) is 9.23. The molecule has 1 heterocycles. The van der Waals surface area contributed by atoms with E-state index in [4.69, 9.17) is 34.8 Å². The molecule has 0 bridgehead atoms. The highest BCUT2D eigenvalue weighted by Gasteiger charge is 2.39. The third-order valence-corrected chi connectivity index (χ3v) is 7.48. The van der Waals surface area contributed by atoms with Gasteiger partial charge in [-0.05, 0) is 59.9 Å². The van der Waals surface area contributed by atoms with Gasteiger partial charge in [-0.1, -0.05) is 65.2 Å². The van der Waals surface area contributed by atoms with Crippen LogP contribution >= 0.6 is 34.8 Å². The van der Waals surface area contributed by atoms with Crippen LogP contribution in [0.3, 0.4) is 0 Å². The SMILES string of the molecule is O=C(C1CC1)N(Cc1ccccn1)Cc1ccc(C=CC(c2cc(Cl)c(Cl)c(Cl)c2)C(F)(F)F)cc1C(F)F. The zero-order valence-corrected chi connectivity index (χ0v) is 22.5. The fraction of sp³-hybridized carbons (Fsp3) is 0.286. The maximum absolute atomic E-state index is 14.1. The molecule has 0 spiro atoms. The van der Waals surface area contributed by atoms with Crippen molar-refractivity contribution < 1.29 is 26.7 Å². The molecule has 0 aliphatic heterocycles. The van der Waals surface area contributed by atoms with E-state index in [9.17, 15) is 26.7 Å². The summed E-state index contributed by atoms with van der Waals surface area (Å²) in [5, 5.41) is -0.342. The first-order chi connectivity index (χ1) is 18.4. The van der Waals surface area contributed by atoms with Crippen molar-refractivity contribution in [1.29, 1.82) is 0 Å². The average molecular weight is 604 g/mol. The zero-order chi connectivity index (χ0) is 28.3. The van der Waals surface area contributed by atoms with Crippen molar-refractivity contribution >= 4 is 46.8 Å². The first-order valence-corrected chi connectivity index (χ1v) is 13.1. The molecule has 1 aliphatic carbocycles. The van der Waals surface area contributed by atoms with Crippen LogP contribution in [0, 0.1) is 5.92 Å². The van der Waals surface area contributed by atoms with Crippen LogP contribution < -0.4 is 0 Å². The van der Waals surface area contributed by atoms with Gasteiger partial charge in [-0.15, -0.1) is 0 Å². The number of halogens is 8. The number of hydrogen-bond donors (Lipinski definition) is 0. The lowest BCUT2D eigenvalue weighted by molar-refractivity contribution is -0.139. The first-order valence-electron chi connectivity index (χ1n) is 11.9. The Balaban J connectivity index is 1.62. The summed E-state index contributed by atoms with van der Waals surface area (Å²) in [6, 6.07) is 11.4.